The molecular weight excluding hydrogens is 374 g/mol. The summed E-state index contributed by atoms with van der Waals surface area (Å²) in [5.74, 6) is 0.358. The molecule has 1 aliphatic heterocycles. The Labute approximate surface area is 179 Å². The molecule has 30 heavy (non-hydrogen) atoms. The van der Waals surface area contributed by atoms with Gasteiger partial charge in [-0.2, -0.15) is 0 Å². The number of anilines is 1. The lowest BCUT2D eigenvalue weighted by Gasteiger charge is -2.30. The van der Waals surface area contributed by atoms with Gasteiger partial charge in [0.15, 0.2) is 0 Å². The van der Waals surface area contributed by atoms with Crippen molar-refractivity contribution < 1.29 is 9.59 Å². The second-order valence-corrected chi connectivity index (χ2v) is 8.71. The Bertz CT molecular complexity index is 825. The van der Waals surface area contributed by atoms with Crippen LogP contribution in [0.25, 0.3) is 0 Å². The van der Waals surface area contributed by atoms with Crippen LogP contribution in [0, 0.1) is 11.8 Å². The van der Waals surface area contributed by atoms with Gasteiger partial charge in [-0.1, -0.05) is 51.1 Å². The van der Waals surface area contributed by atoms with Crippen LogP contribution in [0.5, 0.6) is 0 Å². The van der Waals surface area contributed by atoms with Crippen molar-refractivity contribution in [3.05, 3.63) is 65.7 Å². The van der Waals surface area contributed by atoms with E-state index in [1.165, 1.54) is 18.4 Å². The quantitative estimate of drug-likeness (QED) is 0.719. The van der Waals surface area contributed by atoms with E-state index in [1.807, 2.05) is 44.2 Å². The number of benzene rings is 2. The average molecular weight is 408 g/mol. The topological polar surface area (TPSA) is 61.4 Å². The number of hydrogen-bond donors (Lipinski definition) is 2. The van der Waals surface area contributed by atoms with Crippen LogP contribution < -0.4 is 10.6 Å². The lowest BCUT2D eigenvalue weighted by atomic mass is 9.99. The molecule has 2 aromatic rings. The number of carbonyl (C=O) groups is 2. The molecule has 3 rings (SSSR count). The van der Waals surface area contributed by atoms with Gasteiger partial charge in [-0.15, -0.1) is 0 Å². The number of carbonyl (C=O) groups excluding carboxylic acids is 2. The van der Waals surface area contributed by atoms with Gasteiger partial charge in [-0.3, -0.25) is 14.5 Å². The fourth-order valence-corrected chi connectivity index (χ4v) is 3.74. The van der Waals surface area contributed by atoms with Crippen LogP contribution in [0.3, 0.4) is 0 Å². The molecule has 2 aromatic carbocycles. The van der Waals surface area contributed by atoms with E-state index >= 15 is 0 Å². The molecule has 1 unspecified atom stereocenters. The van der Waals surface area contributed by atoms with Crippen LogP contribution >= 0.6 is 0 Å². The highest BCUT2D eigenvalue weighted by Crippen LogP contribution is 2.19. The lowest BCUT2D eigenvalue weighted by Crippen LogP contribution is -2.47. The van der Waals surface area contributed by atoms with Gasteiger partial charge in [0, 0.05) is 17.8 Å². The Kier molecular flexibility index (Phi) is 7.63. The number of hydrogen-bond acceptors (Lipinski definition) is 3. The molecule has 0 spiro atoms. The molecule has 2 N–H and O–H groups in total. The van der Waals surface area contributed by atoms with E-state index in [9.17, 15) is 9.59 Å². The summed E-state index contributed by atoms with van der Waals surface area (Å²) in [7, 11) is 0. The van der Waals surface area contributed by atoms with Gasteiger partial charge < -0.3 is 10.6 Å². The number of nitrogens with one attached hydrogen (secondary N) is 2. The van der Waals surface area contributed by atoms with E-state index in [2.05, 4.69) is 34.6 Å². The van der Waals surface area contributed by atoms with Crippen molar-refractivity contribution in [3.63, 3.8) is 0 Å². The van der Waals surface area contributed by atoms with Gasteiger partial charge in [0.25, 0.3) is 5.91 Å². The van der Waals surface area contributed by atoms with Crippen molar-refractivity contribution in [2.45, 2.75) is 46.2 Å². The second-order valence-electron chi connectivity index (χ2n) is 8.71. The van der Waals surface area contributed by atoms with Crippen molar-refractivity contribution in [2.24, 2.45) is 11.8 Å². The summed E-state index contributed by atoms with van der Waals surface area (Å²) in [6, 6.07) is 16.4. The number of nitrogens with zero attached hydrogens (tertiary/aromatic N) is 1. The van der Waals surface area contributed by atoms with Crippen LogP contribution in [0.1, 0.15) is 49.5 Å². The maximum atomic E-state index is 12.8. The number of rotatable bonds is 7. The molecule has 1 aliphatic rings. The van der Waals surface area contributed by atoms with Gasteiger partial charge in [0.05, 0.1) is 0 Å². The second kappa shape index (κ2) is 10.4. The highest BCUT2D eigenvalue weighted by atomic mass is 16.2. The predicted molar refractivity (Wildman–Crippen MR) is 121 cm³/mol. The minimum absolute atomic E-state index is 0.0292. The number of amides is 2. The SMILES string of the molecule is CC1CCN(Cc2ccc(NC(=O)C(NC(=O)c3ccccc3)C(C)C)cc2)CC1. The molecule has 160 valence electrons. The van der Waals surface area contributed by atoms with Crippen LogP contribution in [0.15, 0.2) is 54.6 Å². The third-order valence-electron chi connectivity index (χ3n) is 5.78. The smallest absolute Gasteiger partial charge is 0.251 e. The fraction of sp³-hybridized carbons (Fsp3) is 0.440. The fourth-order valence-electron chi connectivity index (χ4n) is 3.74. The monoisotopic (exact) mass is 407 g/mol. The van der Waals surface area contributed by atoms with E-state index in [0.29, 0.717) is 5.56 Å². The Morgan fingerprint density at radius 1 is 1.00 bits per heavy atom. The van der Waals surface area contributed by atoms with Crippen molar-refractivity contribution in [3.8, 4) is 0 Å². The minimum Gasteiger partial charge on any atom is -0.340 e. The summed E-state index contributed by atoms with van der Waals surface area (Å²) in [6.45, 7) is 9.42. The summed E-state index contributed by atoms with van der Waals surface area (Å²) >= 11 is 0. The number of likely N-dealkylation sites (tertiary alicyclic amines) is 1. The zero-order valence-electron chi connectivity index (χ0n) is 18.2. The van der Waals surface area contributed by atoms with Gasteiger partial charge in [-0.25, -0.2) is 0 Å². The molecule has 5 heteroatoms. The highest BCUT2D eigenvalue weighted by molar-refractivity contribution is 6.01. The molecule has 1 atom stereocenters. The summed E-state index contributed by atoms with van der Waals surface area (Å²) in [6.07, 6.45) is 2.53. The van der Waals surface area contributed by atoms with E-state index < -0.39 is 6.04 Å². The Hall–Kier alpha value is -2.66. The highest BCUT2D eigenvalue weighted by Gasteiger charge is 2.25. The molecule has 0 saturated carbocycles. The third-order valence-corrected chi connectivity index (χ3v) is 5.78. The van der Waals surface area contributed by atoms with Crippen molar-refractivity contribution in [1.29, 1.82) is 0 Å². The normalized spacial score (nSPS) is 16.3. The minimum atomic E-state index is -0.604. The molecule has 1 saturated heterocycles. The Morgan fingerprint density at radius 2 is 1.63 bits per heavy atom. The van der Waals surface area contributed by atoms with Crippen molar-refractivity contribution in [2.75, 3.05) is 18.4 Å². The van der Waals surface area contributed by atoms with Crippen molar-refractivity contribution in [1.82, 2.24) is 10.2 Å². The summed E-state index contributed by atoms with van der Waals surface area (Å²) < 4.78 is 0. The molecule has 0 aliphatic carbocycles. The van der Waals surface area contributed by atoms with E-state index in [4.69, 9.17) is 0 Å². The summed E-state index contributed by atoms with van der Waals surface area (Å²) in [4.78, 5) is 27.8. The summed E-state index contributed by atoms with van der Waals surface area (Å²) in [5.41, 5.74) is 2.54. The van der Waals surface area contributed by atoms with Crippen molar-refractivity contribution >= 4 is 17.5 Å². The average Bonchev–Trinajstić information content (AvgIpc) is 2.75. The zero-order chi connectivity index (χ0) is 21.5. The lowest BCUT2D eigenvalue weighted by molar-refractivity contribution is -0.118. The first kappa shape index (κ1) is 22.0. The van der Waals surface area contributed by atoms with Gasteiger partial charge in [0.2, 0.25) is 5.91 Å². The maximum Gasteiger partial charge on any atom is 0.251 e. The number of piperidine rings is 1. The van der Waals surface area contributed by atoms with Crippen LogP contribution in [-0.2, 0) is 11.3 Å². The predicted octanol–water partition coefficient (Wildman–Crippen LogP) is 4.31. The van der Waals surface area contributed by atoms with Gasteiger partial charge in [-0.05, 0) is 67.6 Å². The maximum absolute atomic E-state index is 12.8. The first-order valence-corrected chi connectivity index (χ1v) is 10.9. The van der Waals surface area contributed by atoms with Crippen LogP contribution in [0.4, 0.5) is 5.69 Å². The molecular formula is C25H33N3O2. The first-order valence-electron chi connectivity index (χ1n) is 10.9. The molecule has 0 bridgehead atoms. The Morgan fingerprint density at radius 3 is 2.23 bits per heavy atom. The van der Waals surface area contributed by atoms with E-state index in [1.54, 1.807) is 12.1 Å². The molecule has 1 fully saturated rings. The molecule has 2 amide bonds. The van der Waals surface area contributed by atoms with Gasteiger partial charge >= 0.3 is 0 Å². The van der Waals surface area contributed by atoms with Gasteiger partial charge in [0.1, 0.15) is 6.04 Å². The molecule has 0 radical (unpaired) electrons. The summed E-state index contributed by atoms with van der Waals surface area (Å²) in [5, 5.41) is 5.81. The standard InChI is InChI=1S/C25H33N3O2/c1-18(2)23(27-24(29)21-7-5-4-6-8-21)25(30)26-22-11-9-20(10-12-22)17-28-15-13-19(3)14-16-28/h4-12,18-19,23H,13-17H2,1-3H3,(H,26,30)(H,27,29). The third kappa shape index (κ3) is 6.17. The Balaban J connectivity index is 1.57. The zero-order valence-corrected chi connectivity index (χ0v) is 18.2. The van der Waals surface area contributed by atoms with E-state index in [0.717, 1.165) is 31.2 Å². The van der Waals surface area contributed by atoms with Crippen LogP contribution in [-0.4, -0.2) is 35.8 Å². The van der Waals surface area contributed by atoms with Crippen LogP contribution in [0.2, 0.25) is 0 Å². The molecule has 5 nitrogen and oxygen atoms in total. The molecule has 0 aromatic heterocycles. The molecule has 1 heterocycles. The largest absolute Gasteiger partial charge is 0.340 e. The first-order chi connectivity index (χ1) is 14.4. The van der Waals surface area contributed by atoms with E-state index in [-0.39, 0.29) is 17.7 Å².